The van der Waals surface area contributed by atoms with Crippen molar-refractivity contribution in [2.45, 2.75) is 43.4 Å². The van der Waals surface area contributed by atoms with Gasteiger partial charge in [0.25, 0.3) is 0 Å². The molecule has 0 spiro atoms. The minimum Gasteiger partial charge on any atom is -0.481 e. The number of thioether (sulfide) groups is 1. The highest BCUT2D eigenvalue weighted by molar-refractivity contribution is 7.98. The van der Waals surface area contributed by atoms with Crippen LogP contribution in [0.25, 0.3) is 0 Å². The molecule has 0 aromatic carbocycles. The predicted molar refractivity (Wildman–Crippen MR) is 108 cm³/mol. The highest BCUT2D eigenvalue weighted by Gasteiger charge is 2.31. The molecule has 4 atom stereocenters. The molecular formula is C16H27N5O9S. The van der Waals surface area contributed by atoms with Crippen molar-refractivity contribution in [3.8, 4) is 0 Å². The molecule has 0 rings (SSSR count). The molecule has 4 unspecified atom stereocenters. The molecule has 0 heterocycles. The van der Waals surface area contributed by atoms with E-state index in [9.17, 15) is 28.8 Å². The summed E-state index contributed by atoms with van der Waals surface area (Å²) in [5.41, 5.74) is 10.5. The van der Waals surface area contributed by atoms with Gasteiger partial charge in [0, 0.05) is 0 Å². The van der Waals surface area contributed by atoms with Crippen molar-refractivity contribution in [3.63, 3.8) is 0 Å². The molecule has 0 fully saturated rings. The number of carboxylic acids is 2. The van der Waals surface area contributed by atoms with E-state index in [2.05, 4.69) is 16.0 Å². The summed E-state index contributed by atoms with van der Waals surface area (Å²) >= 11 is 1.33. The van der Waals surface area contributed by atoms with Crippen molar-refractivity contribution in [2.24, 2.45) is 11.5 Å². The van der Waals surface area contributed by atoms with Crippen LogP contribution < -0.4 is 27.4 Å². The van der Waals surface area contributed by atoms with Crippen molar-refractivity contribution in [3.05, 3.63) is 0 Å². The van der Waals surface area contributed by atoms with E-state index in [0.29, 0.717) is 5.75 Å². The molecule has 0 saturated carbocycles. The first kappa shape index (κ1) is 28.1. The van der Waals surface area contributed by atoms with Gasteiger partial charge < -0.3 is 42.7 Å². The van der Waals surface area contributed by atoms with Crippen LogP contribution in [0.15, 0.2) is 0 Å². The van der Waals surface area contributed by atoms with Gasteiger partial charge in [-0.2, -0.15) is 11.8 Å². The lowest BCUT2D eigenvalue weighted by molar-refractivity contribution is -0.143. The summed E-state index contributed by atoms with van der Waals surface area (Å²) in [5, 5.41) is 33.2. The van der Waals surface area contributed by atoms with Gasteiger partial charge >= 0.3 is 11.9 Å². The number of primary amides is 1. The van der Waals surface area contributed by atoms with Crippen LogP contribution in [0.1, 0.15) is 19.3 Å². The fraction of sp³-hybridized carbons (Fsp3) is 0.625. The molecule has 14 nitrogen and oxygen atoms in total. The lowest BCUT2D eigenvalue weighted by Gasteiger charge is -2.24. The number of amides is 4. The summed E-state index contributed by atoms with van der Waals surface area (Å²) in [5.74, 6) is -6.36. The van der Waals surface area contributed by atoms with Gasteiger partial charge in [0.15, 0.2) is 0 Å². The van der Waals surface area contributed by atoms with Gasteiger partial charge in [-0.15, -0.1) is 0 Å². The van der Waals surface area contributed by atoms with Crippen LogP contribution in [0.5, 0.6) is 0 Å². The minimum absolute atomic E-state index is 0.0618. The van der Waals surface area contributed by atoms with Crippen molar-refractivity contribution < 1.29 is 44.1 Å². The second-order valence-electron chi connectivity index (χ2n) is 6.36. The number of hydrogen-bond donors (Lipinski definition) is 8. The number of aliphatic hydroxyl groups is 1. The highest BCUT2D eigenvalue weighted by Crippen LogP contribution is 2.04. The average molecular weight is 465 g/mol. The van der Waals surface area contributed by atoms with Crippen molar-refractivity contribution >= 4 is 47.3 Å². The number of aliphatic carboxylic acids is 2. The number of nitrogens with one attached hydrogen (secondary N) is 3. The van der Waals surface area contributed by atoms with Crippen molar-refractivity contribution in [1.29, 1.82) is 0 Å². The van der Waals surface area contributed by atoms with Crippen LogP contribution >= 0.6 is 11.8 Å². The van der Waals surface area contributed by atoms with Gasteiger partial charge in [0.2, 0.25) is 23.6 Å². The van der Waals surface area contributed by atoms with E-state index in [1.54, 1.807) is 6.26 Å². The largest absolute Gasteiger partial charge is 0.481 e. The summed E-state index contributed by atoms with van der Waals surface area (Å²) < 4.78 is 0. The van der Waals surface area contributed by atoms with Crippen LogP contribution in [0.4, 0.5) is 0 Å². The average Bonchev–Trinajstić information content (AvgIpc) is 2.66. The number of aliphatic hydroxyl groups excluding tert-OH is 1. The number of carboxylic acid groups (broad SMARTS) is 2. The summed E-state index contributed by atoms with van der Waals surface area (Å²) in [4.78, 5) is 69.9. The molecule has 0 saturated heterocycles. The van der Waals surface area contributed by atoms with E-state index in [4.69, 9.17) is 26.8 Å². The van der Waals surface area contributed by atoms with E-state index >= 15 is 0 Å². The van der Waals surface area contributed by atoms with Gasteiger partial charge in [-0.25, -0.2) is 4.79 Å². The van der Waals surface area contributed by atoms with Crippen LogP contribution in [0, 0.1) is 0 Å². The van der Waals surface area contributed by atoms with E-state index in [1.165, 1.54) is 11.8 Å². The third-order valence-electron chi connectivity index (χ3n) is 3.81. The summed E-state index contributed by atoms with van der Waals surface area (Å²) in [6.07, 6.45) is 0.395. The summed E-state index contributed by atoms with van der Waals surface area (Å²) in [6.45, 7) is -0.883. The fourth-order valence-electron chi connectivity index (χ4n) is 2.20. The number of hydrogen-bond acceptors (Lipinski definition) is 9. The molecule has 0 aliphatic carbocycles. The molecule has 4 amide bonds. The van der Waals surface area contributed by atoms with Gasteiger partial charge in [-0.1, -0.05) is 0 Å². The Morgan fingerprint density at radius 3 is 1.84 bits per heavy atom. The summed E-state index contributed by atoms with van der Waals surface area (Å²) in [7, 11) is 0. The SMILES string of the molecule is CSCCC(NC(=O)C(CC(N)=O)NC(=O)C(N)CC(=O)O)C(=O)NC(CO)C(=O)O. The van der Waals surface area contributed by atoms with E-state index in [0.717, 1.165) is 0 Å². The highest BCUT2D eigenvalue weighted by atomic mass is 32.2. The molecule has 31 heavy (non-hydrogen) atoms. The van der Waals surface area contributed by atoms with Crippen molar-refractivity contribution in [2.75, 3.05) is 18.6 Å². The van der Waals surface area contributed by atoms with Crippen molar-refractivity contribution in [1.82, 2.24) is 16.0 Å². The van der Waals surface area contributed by atoms with Crippen LogP contribution in [0.2, 0.25) is 0 Å². The quantitative estimate of drug-likeness (QED) is 0.115. The lowest BCUT2D eigenvalue weighted by atomic mass is 10.1. The molecule has 0 aliphatic rings. The molecule has 0 aromatic rings. The molecule has 10 N–H and O–H groups in total. The number of rotatable bonds is 15. The zero-order chi connectivity index (χ0) is 24.1. The van der Waals surface area contributed by atoms with E-state index in [1.807, 2.05) is 0 Å². The minimum atomic E-state index is -1.60. The Morgan fingerprint density at radius 2 is 1.39 bits per heavy atom. The normalized spacial score (nSPS) is 14.4. The Bertz CT molecular complexity index is 690. The first-order valence-electron chi connectivity index (χ1n) is 8.92. The first-order valence-corrected chi connectivity index (χ1v) is 10.3. The molecule has 0 radical (unpaired) electrons. The monoisotopic (exact) mass is 465 g/mol. The summed E-state index contributed by atoms with van der Waals surface area (Å²) in [6, 6.07) is -5.91. The lowest BCUT2D eigenvalue weighted by Crippen LogP contribution is -2.58. The van der Waals surface area contributed by atoms with E-state index in [-0.39, 0.29) is 6.42 Å². The Morgan fingerprint density at radius 1 is 0.871 bits per heavy atom. The first-order chi connectivity index (χ1) is 14.4. The molecule has 0 aliphatic heterocycles. The van der Waals surface area contributed by atoms with Gasteiger partial charge in [-0.3, -0.25) is 24.0 Å². The molecular weight excluding hydrogens is 438 g/mol. The predicted octanol–water partition coefficient (Wildman–Crippen LogP) is -4.05. The molecule has 0 aromatic heterocycles. The topological polar surface area (TPSA) is 251 Å². The Balaban J connectivity index is 5.40. The molecule has 176 valence electrons. The van der Waals surface area contributed by atoms with Crippen LogP contribution in [-0.4, -0.2) is 93.7 Å². The van der Waals surface area contributed by atoms with Gasteiger partial charge in [-0.05, 0) is 18.4 Å². The maximum atomic E-state index is 12.6. The Labute approximate surface area is 181 Å². The molecule has 15 heteroatoms. The Hall–Kier alpha value is -2.91. The zero-order valence-corrected chi connectivity index (χ0v) is 17.5. The number of carbonyl (C=O) groups is 6. The van der Waals surface area contributed by atoms with Crippen LogP contribution in [0.3, 0.4) is 0 Å². The third-order valence-corrected chi connectivity index (χ3v) is 4.45. The second kappa shape index (κ2) is 14.2. The van der Waals surface area contributed by atoms with Gasteiger partial charge in [0.1, 0.15) is 18.1 Å². The number of carbonyl (C=O) groups excluding carboxylic acids is 4. The van der Waals surface area contributed by atoms with Gasteiger partial charge in [0.05, 0.1) is 25.5 Å². The zero-order valence-electron chi connectivity index (χ0n) is 16.7. The van der Waals surface area contributed by atoms with Crippen LogP contribution in [-0.2, 0) is 28.8 Å². The fourth-order valence-corrected chi connectivity index (χ4v) is 2.68. The Kier molecular flexibility index (Phi) is 12.8. The maximum absolute atomic E-state index is 12.6. The smallest absolute Gasteiger partial charge is 0.328 e. The standard InChI is InChI=1S/C16H27N5O9S/c1-31-3-2-8(14(27)21-10(6-22)16(29)30)19-15(28)9(5-11(18)23)20-13(26)7(17)4-12(24)25/h7-10,22H,2-6,17H2,1H3,(H2,18,23)(H,19,28)(H,20,26)(H,21,27)(H,24,25)(H,29,30). The second-order valence-corrected chi connectivity index (χ2v) is 7.35. The van der Waals surface area contributed by atoms with E-state index < -0.39 is 79.2 Å². The third kappa shape index (κ3) is 11.2. The maximum Gasteiger partial charge on any atom is 0.328 e. The number of nitrogens with two attached hydrogens (primary N) is 2. The molecule has 0 bridgehead atoms.